The third kappa shape index (κ3) is 9.86. The van der Waals surface area contributed by atoms with E-state index in [0.29, 0.717) is 32.2 Å². The highest BCUT2D eigenvalue weighted by Crippen LogP contribution is 2.20. The summed E-state index contributed by atoms with van der Waals surface area (Å²) in [4.78, 5) is 52.7. The molecule has 1 aromatic rings. The van der Waals surface area contributed by atoms with Crippen LogP contribution in [0.3, 0.4) is 0 Å². The minimum atomic E-state index is -1.21. The van der Waals surface area contributed by atoms with Crippen molar-refractivity contribution < 1.29 is 24.3 Å². The van der Waals surface area contributed by atoms with Gasteiger partial charge in [-0.2, -0.15) is 11.8 Å². The van der Waals surface area contributed by atoms with Crippen LogP contribution >= 0.6 is 11.8 Å². The van der Waals surface area contributed by atoms with Crippen molar-refractivity contribution in [3.63, 3.8) is 0 Å². The molecule has 0 spiro atoms. The van der Waals surface area contributed by atoms with E-state index in [4.69, 9.17) is 16.9 Å². The second kappa shape index (κ2) is 15.8. The third-order valence-corrected chi connectivity index (χ3v) is 6.95. The first-order valence-corrected chi connectivity index (χ1v) is 14.0. The molecule has 2 rings (SSSR count). The zero-order valence-electron chi connectivity index (χ0n) is 21.7. The third-order valence-electron chi connectivity index (χ3n) is 6.30. The number of hydrogen-bond acceptors (Lipinski definition) is 7. The van der Waals surface area contributed by atoms with E-state index in [1.807, 2.05) is 36.6 Å². The summed E-state index contributed by atoms with van der Waals surface area (Å²) in [7, 11) is 0. The molecule has 12 nitrogen and oxygen atoms in total. The zero-order valence-corrected chi connectivity index (χ0v) is 22.5. The Balaban J connectivity index is 2.13. The molecule has 0 unspecified atom stereocenters. The van der Waals surface area contributed by atoms with Gasteiger partial charge in [0, 0.05) is 19.5 Å². The number of guanidine groups is 1. The van der Waals surface area contributed by atoms with Crippen LogP contribution in [0.25, 0.3) is 0 Å². The molecule has 38 heavy (non-hydrogen) atoms. The summed E-state index contributed by atoms with van der Waals surface area (Å²) in [5.41, 5.74) is 12.1. The Hall–Kier alpha value is -3.32. The number of nitrogens with one attached hydrogen (secondary N) is 4. The Bertz CT molecular complexity index is 965. The molecule has 0 saturated carbocycles. The molecule has 1 aromatic carbocycles. The first-order valence-electron chi connectivity index (χ1n) is 12.6. The highest BCUT2D eigenvalue weighted by Gasteiger charge is 2.37. The van der Waals surface area contributed by atoms with E-state index in [1.54, 1.807) is 11.8 Å². The molecule has 4 atom stereocenters. The normalized spacial score (nSPS) is 17.2. The summed E-state index contributed by atoms with van der Waals surface area (Å²) >= 11 is 1.59. The number of nitrogens with two attached hydrogens (primary N) is 2. The maximum absolute atomic E-state index is 13.3. The van der Waals surface area contributed by atoms with Crippen LogP contribution in [0.5, 0.6) is 0 Å². The standard InChI is InChI=1S/C25H39N7O5S/c1-38-14-11-17(26)23(35)32-13-6-10-20(32)22(34)31-19(15-16-7-3-2-4-8-16)21(33)30-18(24(36)37)9-5-12-29-25(27)28/h2-4,7-8,17-20H,5-6,9-15,26H2,1H3,(H,30,33)(H,31,34)(H,36,37)(H4,27,28,29)/t17-,18-,19-,20-/m0/s1. The van der Waals surface area contributed by atoms with E-state index < -0.39 is 42.0 Å². The van der Waals surface area contributed by atoms with Crippen LogP contribution in [0.2, 0.25) is 0 Å². The lowest BCUT2D eigenvalue weighted by Crippen LogP contribution is -2.57. The van der Waals surface area contributed by atoms with Gasteiger partial charge in [-0.15, -0.1) is 0 Å². The van der Waals surface area contributed by atoms with E-state index in [9.17, 15) is 24.3 Å². The molecule has 210 valence electrons. The number of rotatable bonds is 15. The predicted molar refractivity (Wildman–Crippen MR) is 147 cm³/mol. The fourth-order valence-corrected chi connectivity index (χ4v) is 4.76. The van der Waals surface area contributed by atoms with Gasteiger partial charge in [-0.25, -0.2) is 4.79 Å². The molecule has 1 aliphatic rings. The van der Waals surface area contributed by atoms with Crippen molar-refractivity contribution >= 4 is 41.4 Å². The zero-order chi connectivity index (χ0) is 28.1. The molecule has 1 heterocycles. The van der Waals surface area contributed by atoms with Crippen molar-refractivity contribution in [2.24, 2.45) is 11.5 Å². The van der Waals surface area contributed by atoms with Crippen LogP contribution < -0.4 is 27.4 Å². The van der Waals surface area contributed by atoms with Gasteiger partial charge in [-0.3, -0.25) is 19.8 Å². The number of likely N-dealkylation sites (tertiary alicyclic amines) is 1. The largest absolute Gasteiger partial charge is 0.480 e. The number of carboxylic acids is 1. The van der Waals surface area contributed by atoms with Crippen LogP contribution in [-0.4, -0.2) is 88.9 Å². The Kier molecular flexibility index (Phi) is 12.9. The molecule has 0 bridgehead atoms. The minimum Gasteiger partial charge on any atom is -0.480 e. The predicted octanol–water partition coefficient (Wildman–Crippen LogP) is -0.382. The molecule has 0 aliphatic carbocycles. The highest BCUT2D eigenvalue weighted by atomic mass is 32.2. The van der Waals surface area contributed by atoms with Gasteiger partial charge in [0.05, 0.1) is 6.04 Å². The van der Waals surface area contributed by atoms with Crippen LogP contribution in [0.4, 0.5) is 0 Å². The number of carbonyl (C=O) groups is 4. The summed E-state index contributed by atoms with van der Waals surface area (Å²) in [6.07, 6.45) is 4.12. The van der Waals surface area contributed by atoms with Gasteiger partial charge >= 0.3 is 5.97 Å². The summed E-state index contributed by atoms with van der Waals surface area (Å²) in [6.45, 7) is 0.693. The number of nitrogens with zero attached hydrogens (tertiary/aromatic N) is 1. The van der Waals surface area contributed by atoms with Crippen LogP contribution in [0.15, 0.2) is 30.3 Å². The molecule has 0 radical (unpaired) electrons. The number of carboxylic acid groups (broad SMARTS) is 1. The van der Waals surface area contributed by atoms with Crippen LogP contribution in [0.1, 0.15) is 37.7 Å². The SMILES string of the molecule is CSCC[C@H](N)C(=O)N1CCC[C@H]1C(=O)N[C@@H](Cc1ccccc1)C(=O)N[C@@H](CCCNC(=N)N)C(=O)O. The van der Waals surface area contributed by atoms with E-state index in [0.717, 1.165) is 11.3 Å². The first-order chi connectivity index (χ1) is 18.1. The van der Waals surface area contributed by atoms with E-state index >= 15 is 0 Å². The average Bonchev–Trinajstić information content (AvgIpc) is 3.38. The Morgan fingerprint density at radius 3 is 2.50 bits per heavy atom. The van der Waals surface area contributed by atoms with Crippen molar-refractivity contribution in [3.05, 3.63) is 35.9 Å². The second-order valence-electron chi connectivity index (χ2n) is 9.21. The maximum atomic E-state index is 13.3. The van der Waals surface area contributed by atoms with Gasteiger partial charge < -0.3 is 37.4 Å². The van der Waals surface area contributed by atoms with E-state index in [-0.39, 0.29) is 31.3 Å². The number of hydrogen-bond donors (Lipinski definition) is 7. The number of aliphatic carboxylic acids is 1. The number of carbonyl (C=O) groups excluding carboxylic acids is 3. The molecule has 1 fully saturated rings. The molecular weight excluding hydrogens is 510 g/mol. The second-order valence-corrected chi connectivity index (χ2v) is 10.2. The Morgan fingerprint density at radius 2 is 1.87 bits per heavy atom. The first kappa shape index (κ1) is 30.9. The molecule has 3 amide bonds. The lowest BCUT2D eigenvalue weighted by atomic mass is 10.0. The van der Waals surface area contributed by atoms with Crippen LogP contribution in [-0.2, 0) is 25.6 Å². The van der Waals surface area contributed by atoms with Gasteiger partial charge in [0.2, 0.25) is 17.7 Å². The molecule has 1 aliphatic heterocycles. The average molecular weight is 550 g/mol. The van der Waals surface area contributed by atoms with Crippen LogP contribution in [0, 0.1) is 5.41 Å². The van der Waals surface area contributed by atoms with Gasteiger partial charge in [-0.1, -0.05) is 30.3 Å². The van der Waals surface area contributed by atoms with Gasteiger partial charge in [0.25, 0.3) is 0 Å². The van der Waals surface area contributed by atoms with E-state index in [2.05, 4.69) is 16.0 Å². The lowest BCUT2D eigenvalue weighted by molar-refractivity contribution is -0.143. The quantitative estimate of drug-likeness (QED) is 0.0864. The molecule has 13 heteroatoms. The van der Waals surface area contributed by atoms with E-state index in [1.165, 1.54) is 4.90 Å². The van der Waals surface area contributed by atoms with Gasteiger partial charge in [0.15, 0.2) is 5.96 Å². The summed E-state index contributed by atoms with van der Waals surface area (Å²) in [5, 5.41) is 24.7. The Labute approximate surface area is 227 Å². The summed E-state index contributed by atoms with van der Waals surface area (Å²) in [6, 6.07) is 5.37. The van der Waals surface area contributed by atoms with Crippen molar-refractivity contribution in [1.82, 2.24) is 20.9 Å². The monoisotopic (exact) mass is 549 g/mol. The highest BCUT2D eigenvalue weighted by molar-refractivity contribution is 7.98. The Morgan fingerprint density at radius 1 is 1.16 bits per heavy atom. The smallest absolute Gasteiger partial charge is 0.326 e. The van der Waals surface area contributed by atoms with Crippen molar-refractivity contribution in [1.29, 1.82) is 5.41 Å². The maximum Gasteiger partial charge on any atom is 0.326 e. The minimum absolute atomic E-state index is 0.103. The summed E-state index contributed by atoms with van der Waals surface area (Å²) < 4.78 is 0. The fraction of sp³-hybridized carbons (Fsp3) is 0.560. The van der Waals surface area contributed by atoms with Crippen molar-refractivity contribution in [2.45, 2.75) is 62.7 Å². The van der Waals surface area contributed by atoms with Gasteiger partial charge in [-0.05, 0) is 49.7 Å². The number of amides is 3. The molecule has 0 aromatic heterocycles. The summed E-state index contributed by atoms with van der Waals surface area (Å²) in [5.74, 6) is -2.10. The van der Waals surface area contributed by atoms with Crippen molar-refractivity contribution in [3.8, 4) is 0 Å². The van der Waals surface area contributed by atoms with Crippen molar-refractivity contribution in [2.75, 3.05) is 25.1 Å². The number of benzene rings is 1. The topological polar surface area (TPSA) is 204 Å². The fourth-order valence-electron chi connectivity index (χ4n) is 4.27. The van der Waals surface area contributed by atoms with Gasteiger partial charge in [0.1, 0.15) is 18.1 Å². The molecular formula is C25H39N7O5S. The number of thioether (sulfide) groups is 1. The molecule has 1 saturated heterocycles. The lowest BCUT2D eigenvalue weighted by Gasteiger charge is -2.28. The molecule has 9 N–H and O–H groups in total.